The molecule has 0 atom stereocenters. The quantitative estimate of drug-likeness (QED) is 0.871. The van der Waals surface area contributed by atoms with Gasteiger partial charge in [0.15, 0.2) is 0 Å². The Bertz CT molecular complexity index is 637. The minimum Gasteiger partial charge on any atom is -0.506 e. The summed E-state index contributed by atoms with van der Waals surface area (Å²) in [5.41, 5.74) is 1.68. The maximum absolute atomic E-state index is 10.1. The van der Waals surface area contributed by atoms with E-state index in [-0.39, 0.29) is 5.75 Å². The molecule has 2 aromatic rings. The normalized spacial score (nSPS) is 15.6. The molecule has 1 aromatic carbocycles. The zero-order valence-corrected chi connectivity index (χ0v) is 11.8. The van der Waals surface area contributed by atoms with Gasteiger partial charge in [-0.1, -0.05) is 0 Å². The fourth-order valence-corrected chi connectivity index (χ4v) is 2.69. The zero-order valence-electron chi connectivity index (χ0n) is 11.8. The average Bonchev–Trinajstić information content (AvgIpc) is 2.49. The minimum atomic E-state index is 0.195. The van der Waals surface area contributed by atoms with Crippen molar-refractivity contribution in [1.29, 1.82) is 0 Å². The lowest BCUT2D eigenvalue weighted by molar-refractivity contribution is 0.418. The molecule has 5 heteroatoms. The van der Waals surface area contributed by atoms with Crippen molar-refractivity contribution in [2.24, 2.45) is 0 Å². The van der Waals surface area contributed by atoms with E-state index in [2.05, 4.69) is 21.3 Å². The lowest BCUT2D eigenvalue weighted by Crippen LogP contribution is -2.43. The largest absolute Gasteiger partial charge is 0.506 e. The van der Waals surface area contributed by atoms with Crippen molar-refractivity contribution < 1.29 is 9.84 Å². The minimum absolute atomic E-state index is 0.195. The second kappa shape index (κ2) is 5.17. The van der Waals surface area contributed by atoms with Gasteiger partial charge in [-0.15, -0.1) is 0 Å². The summed E-state index contributed by atoms with van der Waals surface area (Å²) < 4.78 is 5.37. The summed E-state index contributed by atoms with van der Waals surface area (Å²) in [6.45, 7) is 5.81. The van der Waals surface area contributed by atoms with Crippen molar-refractivity contribution >= 4 is 16.7 Å². The van der Waals surface area contributed by atoms with Crippen molar-refractivity contribution in [3.8, 4) is 11.5 Å². The van der Waals surface area contributed by atoms with Crippen molar-refractivity contribution in [3.05, 3.63) is 23.8 Å². The SMILES string of the molecule is COc1ccc(O)c2nc(N3CCNCC3)cc(C)c12. The Labute approximate surface area is 118 Å². The van der Waals surface area contributed by atoms with Crippen LogP contribution in [0, 0.1) is 6.92 Å². The molecule has 0 unspecified atom stereocenters. The first-order valence-electron chi connectivity index (χ1n) is 6.83. The fourth-order valence-electron chi connectivity index (χ4n) is 2.69. The molecule has 0 radical (unpaired) electrons. The Hall–Kier alpha value is -2.01. The number of ether oxygens (including phenoxy) is 1. The van der Waals surface area contributed by atoms with Gasteiger partial charge in [0.1, 0.15) is 22.8 Å². The number of pyridine rings is 1. The zero-order chi connectivity index (χ0) is 14.1. The number of nitrogens with one attached hydrogen (secondary N) is 1. The molecular formula is C15H19N3O2. The molecule has 0 amide bonds. The van der Waals surface area contributed by atoms with Crippen LogP contribution in [0.25, 0.3) is 10.9 Å². The molecule has 5 nitrogen and oxygen atoms in total. The highest BCUT2D eigenvalue weighted by molar-refractivity contribution is 5.93. The number of aryl methyl sites for hydroxylation is 1. The number of phenolic OH excluding ortho intramolecular Hbond substituents is 1. The molecule has 2 N–H and O–H groups in total. The van der Waals surface area contributed by atoms with Gasteiger partial charge in [-0.2, -0.15) is 0 Å². The van der Waals surface area contributed by atoms with Crippen molar-refractivity contribution in [1.82, 2.24) is 10.3 Å². The topological polar surface area (TPSA) is 57.6 Å². The Morgan fingerprint density at radius 2 is 2.05 bits per heavy atom. The number of rotatable bonds is 2. The Morgan fingerprint density at radius 3 is 2.75 bits per heavy atom. The maximum Gasteiger partial charge on any atom is 0.142 e. The van der Waals surface area contributed by atoms with Crippen LogP contribution in [0.2, 0.25) is 0 Å². The highest BCUT2D eigenvalue weighted by Crippen LogP contribution is 2.35. The van der Waals surface area contributed by atoms with E-state index in [4.69, 9.17) is 4.74 Å². The molecule has 2 heterocycles. The van der Waals surface area contributed by atoms with Gasteiger partial charge in [-0.3, -0.25) is 0 Å². The summed E-state index contributed by atoms with van der Waals surface area (Å²) in [7, 11) is 1.63. The lowest BCUT2D eigenvalue weighted by Gasteiger charge is -2.29. The first-order chi connectivity index (χ1) is 9.70. The number of nitrogens with zero attached hydrogens (tertiary/aromatic N) is 2. The summed E-state index contributed by atoms with van der Waals surface area (Å²) in [6.07, 6.45) is 0. The van der Waals surface area contributed by atoms with E-state index >= 15 is 0 Å². The summed E-state index contributed by atoms with van der Waals surface area (Å²) in [6, 6.07) is 5.47. The average molecular weight is 273 g/mol. The molecule has 0 aliphatic carbocycles. The first kappa shape index (κ1) is 13.0. The van der Waals surface area contributed by atoms with E-state index in [1.165, 1.54) is 0 Å². The van der Waals surface area contributed by atoms with Gasteiger partial charge in [-0.25, -0.2) is 4.98 Å². The van der Waals surface area contributed by atoms with Crippen molar-refractivity contribution in [3.63, 3.8) is 0 Å². The molecule has 1 fully saturated rings. The second-order valence-corrected chi connectivity index (χ2v) is 5.04. The van der Waals surface area contributed by atoms with E-state index in [0.717, 1.165) is 48.7 Å². The predicted molar refractivity (Wildman–Crippen MR) is 79.8 cm³/mol. The summed E-state index contributed by atoms with van der Waals surface area (Å²) in [5.74, 6) is 1.86. The number of benzene rings is 1. The van der Waals surface area contributed by atoms with Crippen LogP contribution in [0.4, 0.5) is 5.82 Å². The van der Waals surface area contributed by atoms with E-state index in [1.807, 2.05) is 6.92 Å². The van der Waals surface area contributed by atoms with Crippen LogP contribution in [0.3, 0.4) is 0 Å². The van der Waals surface area contributed by atoms with Gasteiger partial charge in [0.25, 0.3) is 0 Å². The predicted octanol–water partition coefficient (Wildman–Crippen LogP) is 1.67. The number of hydrogen-bond donors (Lipinski definition) is 2. The van der Waals surface area contributed by atoms with E-state index < -0.39 is 0 Å². The van der Waals surface area contributed by atoms with Crippen LogP contribution in [0.5, 0.6) is 11.5 Å². The van der Waals surface area contributed by atoms with Crippen LogP contribution < -0.4 is 15.0 Å². The summed E-state index contributed by atoms with van der Waals surface area (Å²) >= 11 is 0. The van der Waals surface area contributed by atoms with Gasteiger partial charge < -0.3 is 20.1 Å². The number of piperazine rings is 1. The number of aromatic nitrogens is 1. The van der Waals surface area contributed by atoms with Crippen LogP contribution >= 0.6 is 0 Å². The smallest absolute Gasteiger partial charge is 0.142 e. The molecular weight excluding hydrogens is 254 g/mol. The molecule has 0 spiro atoms. The molecule has 20 heavy (non-hydrogen) atoms. The van der Waals surface area contributed by atoms with Gasteiger partial charge >= 0.3 is 0 Å². The van der Waals surface area contributed by atoms with Gasteiger partial charge in [0.05, 0.1) is 7.11 Å². The fraction of sp³-hybridized carbons (Fsp3) is 0.400. The maximum atomic E-state index is 10.1. The monoisotopic (exact) mass is 273 g/mol. The Morgan fingerprint density at radius 1 is 1.30 bits per heavy atom. The Balaban J connectivity index is 2.15. The molecule has 3 rings (SSSR count). The number of aromatic hydroxyl groups is 1. The number of phenols is 1. The number of hydrogen-bond acceptors (Lipinski definition) is 5. The van der Waals surface area contributed by atoms with Crippen molar-refractivity contribution in [2.45, 2.75) is 6.92 Å². The highest BCUT2D eigenvalue weighted by Gasteiger charge is 2.16. The van der Waals surface area contributed by atoms with Crippen molar-refractivity contribution in [2.75, 3.05) is 38.2 Å². The molecule has 1 aliphatic rings. The van der Waals surface area contributed by atoms with Gasteiger partial charge in [0.2, 0.25) is 0 Å². The third-order valence-corrected chi connectivity index (χ3v) is 3.75. The molecule has 1 aromatic heterocycles. The van der Waals surface area contributed by atoms with Gasteiger partial charge in [0, 0.05) is 31.6 Å². The van der Waals surface area contributed by atoms with Gasteiger partial charge in [-0.05, 0) is 30.7 Å². The molecule has 1 saturated heterocycles. The summed E-state index contributed by atoms with van der Waals surface area (Å²) in [5, 5.41) is 14.3. The Kier molecular flexibility index (Phi) is 3.36. The highest BCUT2D eigenvalue weighted by atomic mass is 16.5. The van der Waals surface area contributed by atoms with E-state index in [1.54, 1.807) is 19.2 Å². The van der Waals surface area contributed by atoms with Crippen LogP contribution in [-0.2, 0) is 0 Å². The molecule has 1 aliphatic heterocycles. The molecule has 0 bridgehead atoms. The summed E-state index contributed by atoms with van der Waals surface area (Å²) in [4.78, 5) is 6.87. The van der Waals surface area contributed by atoms with Crippen LogP contribution in [-0.4, -0.2) is 43.4 Å². The first-order valence-corrected chi connectivity index (χ1v) is 6.83. The lowest BCUT2D eigenvalue weighted by atomic mass is 10.1. The van der Waals surface area contributed by atoms with E-state index in [0.29, 0.717) is 5.52 Å². The third-order valence-electron chi connectivity index (χ3n) is 3.75. The third kappa shape index (κ3) is 2.14. The molecule has 106 valence electrons. The molecule has 0 saturated carbocycles. The number of methoxy groups -OCH3 is 1. The van der Waals surface area contributed by atoms with E-state index in [9.17, 15) is 5.11 Å². The van der Waals surface area contributed by atoms with Crippen LogP contribution in [0.1, 0.15) is 5.56 Å². The number of anilines is 1. The second-order valence-electron chi connectivity index (χ2n) is 5.04. The standard InChI is InChI=1S/C15H19N3O2/c1-10-9-13(18-7-5-16-6-8-18)17-15-11(19)3-4-12(20-2)14(10)15/h3-4,9,16,19H,5-8H2,1-2H3. The number of fused-ring (bicyclic) bond motifs is 1. The van der Waals surface area contributed by atoms with Crippen LogP contribution in [0.15, 0.2) is 18.2 Å².